The average Bonchev–Trinajstić information content (AvgIpc) is 3.10. The van der Waals surface area contributed by atoms with Gasteiger partial charge in [-0.2, -0.15) is 0 Å². The van der Waals surface area contributed by atoms with E-state index < -0.39 is 12.0 Å². The van der Waals surface area contributed by atoms with Crippen LogP contribution in [-0.2, 0) is 20.8 Å². The van der Waals surface area contributed by atoms with Crippen molar-refractivity contribution in [2.45, 2.75) is 19.4 Å². The van der Waals surface area contributed by atoms with Gasteiger partial charge in [0.25, 0.3) is 11.8 Å². The molecule has 1 aliphatic rings. The molecule has 3 N–H and O–H groups in total. The fourth-order valence-electron chi connectivity index (χ4n) is 2.77. The number of nitrogens with zero attached hydrogens (tertiary/aromatic N) is 2. The first-order valence-electron chi connectivity index (χ1n) is 8.67. The second-order valence-corrected chi connectivity index (χ2v) is 7.17. The van der Waals surface area contributed by atoms with Gasteiger partial charge in [0.2, 0.25) is 5.91 Å². The number of nitrogens with one attached hydrogen (secondary N) is 3. The van der Waals surface area contributed by atoms with Gasteiger partial charge >= 0.3 is 0 Å². The fourth-order valence-corrected chi connectivity index (χ4v) is 3.54. The SMILES string of the molecule is CNC(=O)C1CN(CC(=O)NNC(=O)Cc2nc(C)cs2)c2ccccc2O1. The van der Waals surface area contributed by atoms with E-state index in [0.29, 0.717) is 16.4 Å². The summed E-state index contributed by atoms with van der Waals surface area (Å²) in [6.45, 7) is 2.03. The smallest absolute Gasteiger partial charge is 0.262 e. The lowest BCUT2D eigenvalue weighted by atomic mass is 10.1. The summed E-state index contributed by atoms with van der Waals surface area (Å²) in [5, 5.41) is 5.09. The van der Waals surface area contributed by atoms with E-state index >= 15 is 0 Å². The lowest BCUT2D eigenvalue weighted by molar-refractivity contribution is -0.128. The van der Waals surface area contributed by atoms with Crippen LogP contribution < -0.4 is 25.8 Å². The number of hydrazine groups is 1. The molecule has 2 heterocycles. The van der Waals surface area contributed by atoms with E-state index in [-0.39, 0.29) is 31.3 Å². The van der Waals surface area contributed by atoms with E-state index in [4.69, 9.17) is 4.74 Å². The first-order valence-corrected chi connectivity index (χ1v) is 9.55. The summed E-state index contributed by atoms with van der Waals surface area (Å²) in [6, 6.07) is 7.17. The van der Waals surface area contributed by atoms with Gasteiger partial charge in [-0.15, -0.1) is 11.3 Å². The number of carbonyl (C=O) groups excluding carboxylic acids is 3. The number of fused-ring (bicyclic) bond motifs is 1. The number of ether oxygens (including phenoxy) is 1. The number of para-hydroxylation sites is 2. The molecule has 0 aliphatic carbocycles. The van der Waals surface area contributed by atoms with Gasteiger partial charge in [0.15, 0.2) is 6.10 Å². The van der Waals surface area contributed by atoms with Gasteiger partial charge in [-0.05, 0) is 19.1 Å². The molecule has 3 amide bonds. The third-order valence-electron chi connectivity index (χ3n) is 4.05. The van der Waals surface area contributed by atoms with Crippen LogP contribution in [0, 0.1) is 6.92 Å². The maximum absolute atomic E-state index is 12.3. The quantitative estimate of drug-likeness (QED) is 0.613. The number of carbonyl (C=O) groups is 3. The summed E-state index contributed by atoms with van der Waals surface area (Å²) in [6.07, 6.45) is -0.631. The summed E-state index contributed by atoms with van der Waals surface area (Å²) in [5.41, 5.74) is 6.36. The van der Waals surface area contributed by atoms with Gasteiger partial charge in [-0.3, -0.25) is 25.2 Å². The molecular weight excluding hydrogens is 382 g/mol. The van der Waals surface area contributed by atoms with Crippen LogP contribution in [0.3, 0.4) is 0 Å². The zero-order valence-electron chi connectivity index (χ0n) is 15.5. The van der Waals surface area contributed by atoms with Crippen LogP contribution in [0.4, 0.5) is 5.69 Å². The van der Waals surface area contributed by atoms with Gasteiger partial charge in [-0.1, -0.05) is 12.1 Å². The van der Waals surface area contributed by atoms with E-state index in [1.165, 1.54) is 18.4 Å². The fraction of sp³-hybridized carbons (Fsp3) is 0.333. The molecule has 2 aromatic rings. The van der Waals surface area contributed by atoms with Gasteiger partial charge < -0.3 is 15.0 Å². The van der Waals surface area contributed by atoms with Crippen LogP contribution in [0.1, 0.15) is 10.7 Å². The van der Waals surface area contributed by atoms with Gasteiger partial charge in [0.1, 0.15) is 10.8 Å². The van der Waals surface area contributed by atoms with Crippen molar-refractivity contribution in [3.8, 4) is 5.75 Å². The number of rotatable bonds is 5. The second kappa shape index (κ2) is 8.70. The monoisotopic (exact) mass is 403 g/mol. The molecule has 148 valence electrons. The van der Waals surface area contributed by atoms with E-state index in [2.05, 4.69) is 21.2 Å². The molecule has 0 saturated carbocycles. The van der Waals surface area contributed by atoms with Crippen LogP contribution in [0.5, 0.6) is 5.75 Å². The summed E-state index contributed by atoms with van der Waals surface area (Å²) >= 11 is 1.39. The average molecular weight is 403 g/mol. The minimum atomic E-state index is -0.726. The Balaban J connectivity index is 1.57. The maximum Gasteiger partial charge on any atom is 0.262 e. The van der Waals surface area contributed by atoms with Crippen molar-refractivity contribution < 1.29 is 19.1 Å². The van der Waals surface area contributed by atoms with Crippen LogP contribution >= 0.6 is 11.3 Å². The third kappa shape index (κ3) is 4.77. The van der Waals surface area contributed by atoms with E-state index in [9.17, 15) is 14.4 Å². The first-order chi connectivity index (χ1) is 13.5. The van der Waals surface area contributed by atoms with Crippen LogP contribution in [0.25, 0.3) is 0 Å². The van der Waals surface area contributed by atoms with Crippen molar-refractivity contribution in [2.75, 3.05) is 25.0 Å². The molecule has 1 aromatic heterocycles. The van der Waals surface area contributed by atoms with Gasteiger partial charge in [0.05, 0.1) is 25.2 Å². The topological polar surface area (TPSA) is 113 Å². The highest BCUT2D eigenvalue weighted by molar-refractivity contribution is 7.09. The molecular formula is C18H21N5O4S. The predicted molar refractivity (Wildman–Crippen MR) is 104 cm³/mol. The standard InChI is InChI=1S/C18H21N5O4S/c1-11-10-28-17(20-11)7-15(24)21-22-16(25)9-23-8-14(18(26)19-2)27-13-6-4-3-5-12(13)23/h3-6,10,14H,7-9H2,1-2H3,(H,19,26)(H,21,24)(H,22,25). The zero-order valence-corrected chi connectivity index (χ0v) is 16.3. The summed E-state index contributed by atoms with van der Waals surface area (Å²) in [7, 11) is 1.53. The Morgan fingerprint density at radius 3 is 2.71 bits per heavy atom. The van der Waals surface area contributed by atoms with Crippen LogP contribution in [0.2, 0.25) is 0 Å². The molecule has 0 spiro atoms. The van der Waals surface area contributed by atoms with Crippen molar-refractivity contribution >= 4 is 34.7 Å². The summed E-state index contributed by atoms with van der Waals surface area (Å²) in [4.78, 5) is 42.2. The Bertz CT molecular complexity index is 884. The highest BCUT2D eigenvalue weighted by atomic mass is 32.1. The predicted octanol–water partition coefficient (Wildman–Crippen LogP) is 0.155. The van der Waals surface area contributed by atoms with E-state index in [1.807, 2.05) is 24.4 Å². The molecule has 3 rings (SSSR count). The molecule has 0 radical (unpaired) electrons. The minimum Gasteiger partial charge on any atom is -0.477 e. The minimum absolute atomic E-state index is 0.0372. The lowest BCUT2D eigenvalue weighted by Gasteiger charge is -2.34. The summed E-state index contributed by atoms with van der Waals surface area (Å²) < 4.78 is 5.70. The maximum atomic E-state index is 12.3. The molecule has 1 unspecified atom stereocenters. The number of amides is 3. The van der Waals surface area contributed by atoms with Crippen LogP contribution in [-0.4, -0.2) is 48.9 Å². The summed E-state index contributed by atoms with van der Waals surface area (Å²) in [5.74, 6) is -0.505. The van der Waals surface area contributed by atoms with Gasteiger partial charge in [-0.25, -0.2) is 4.98 Å². The van der Waals surface area contributed by atoms with Crippen molar-refractivity contribution in [1.82, 2.24) is 21.2 Å². The number of hydrogen-bond acceptors (Lipinski definition) is 7. The molecule has 1 atom stereocenters. The number of anilines is 1. The Kier molecular flexibility index (Phi) is 6.09. The first kappa shape index (κ1) is 19.6. The Hall–Kier alpha value is -3.14. The van der Waals surface area contributed by atoms with Crippen LogP contribution in [0.15, 0.2) is 29.6 Å². The van der Waals surface area contributed by atoms with Crippen molar-refractivity contribution in [1.29, 1.82) is 0 Å². The highest BCUT2D eigenvalue weighted by Gasteiger charge is 2.31. The molecule has 1 aliphatic heterocycles. The molecule has 0 saturated heterocycles. The van der Waals surface area contributed by atoms with Gasteiger partial charge in [0, 0.05) is 18.1 Å². The van der Waals surface area contributed by atoms with E-state index in [1.54, 1.807) is 17.0 Å². The molecule has 10 heteroatoms. The van der Waals surface area contributed by atoms with Crippen molar-refractivity contribution in [2.24, 2.45) is 0 Å². The molecule has 0 bridgehead atoms. The number of likely N-dealkylation sites (N-methyl/N-ethyl adjacent to an activating group) is 1. The molecule has 1 aromatic carbocycles. The van der Waals surface area contributed by atoms with Crippen molar-refractivity contribution in [3.05, 3.63) is 40.3 Å². The molecule has 9 nitrogen and oxygen atoms in total. The normalized spacial score (nSPS) is 15.2. The largest absolute Gasteiger partial charge is 0.477 e. The number of aryl methyl sites for hydroxylation is 1. The molecule has 28 heavy (non-hydrogen) atoms. The third-order valence-corrected chi connectivity index (χ3v) is 5.02. The molecule has 0 fully saturated rings. The Morgan fingerprint density at radius 1 is 1.25 bits per heavy atom. The lowest BCUT2D eigenvalue weighted by Crippen LogP contribution is -2.52. The number of aromatic nitrogens is 1. The second-order valence-electron chi connectivity index (χ2n) is 6.22. The van der Waals surface area contributed by atoms with E-state index in [0.717, 1.165) is 5.69 Å². The number of benzene rings is 1. The number of thiazole rings is 1. The Morgan fingerprint density at radius 2 is 2.00 bits per heavy atom. The van der Waals surface area contributed by atoms with Crippen molar-refractivity contribution in [3.63, 3.8) is 0 Å². The highest BCUT2D eigenvalue weighted by Crippen LogP contribution is 2.32. The Labute approximate surface area is 166 Å². The number of hydrogen-bond donors (Lipinski definition) is 3. The zero-order chi connectivity index (χ0) is 20.1.